The lowest BCUT2D eigenvalue weighted by atomic mass is 10.2. The van der Waals surface area contributed by atoms with Crippen LogP contribution in [0.4, 0.5) is 5.69 Å². The van der Waals surface area contributed by atoms with Gasteiger partial charge in [-0.2, -0.15) is 5.26 Å². The van der Waals surface area contributed by atoms with Crippen molar-refractivity contribution in [2.45, 2.75) is 6.61 Å². The number of anilines is 1. The van der Waals surface area contributed by atoms with Crippen molar-refractivity contribution in [3.05, 3.63) is 59.7 Å². The van der Waals surface area contributed by atoms with Crippen molar-refractivity contribution in [3.63, 3.8) is 0 Å². The molecule has 0 fully saturated rings. The minimum atomic E-state index is 0. The molecule has 0 aliphatic heterocycles. The Morgan fingerprint density at radius 3 is 2.44 bits per heavy atom. The summed E-state index contributed by atoms with van der Waals surface area (Å²) in [5.74, 6) is 0.604. The Morgan fingerprint density at radius 1 is 1.11 bits per heavy atom. The van der Waals surface area contributed by atoms with Gasteiger partial charge in [-0.15, -0.1) is 12.4 Å². The topological polar surface area (TPSA) is 59.0 Å². The maximum absolute atomic E-state index is 8.71. The van der Waals surface area contributed by atoms with Gasteiger partial charge in [-0.05, 0) is 23.8 Å². The van der Waals surface area contributed by atoms with Gasteiger partial charge in [0.2, 0.25) is 0 Å². The fraction of sp³-hybridized carbons (Fsp3) is 0.0714. The van der Waals surface area contributed by atoms with E-state index in [4.69, 9.17) is 15.7 Å². The Bertz CT molecular complexity index is 549. The monoisotopic (exact) mass is 260 g/mol. The van der Waals surface area contributed by atoms with Gasteiger partial charge in [-0.1, -0.05) is 30.3 Å². The first kappa shape index (κ1) is 13.9. The number of hydrogen-bond donors (Lipinski definition) is 1. The van der Waals surface area contributed by atoms with Gasteiger partial charge < -0.3 is 10.5 Å². The number of nitrogens with two attached hydrogens (primary N) is 1. The van der Waals surface area contributed by atoms with Crippen molar-refractivity contribution in [3.8, 4) is 11.8 Å². The van der Waals surface area contributed by atoms with Gasteiger partial charge in [0.05, 0.1) is 17.3 Å². The zero-order valence-electron chi connectivity index (χ0n) is 9.67. The molecular formula is C14H13ClN2O. The molecule has 4 heteroatoms. The van der Waals surface area contributed by atoms with Crippen LogP contribution in [0.3, 0.4) is 0 Å². The summed E-state index contributed by atoms with van der Waals surface area (Å²) in [6.07, 6.45) is 0. The molecular weight excluding hydrogens is 248 g/mol. The molecule has 0 bridgehead atoms. The molecule has 92 valence electrons. The third kappa shape index (κ3) is 3.41. The van der Waals surface area contributed by atoms with E-state index in [9.17, 15) is 0 Å². The number of ether oxygens (including phenoxy) is 1. The van der Waals surface area contributed by atoms with E-state index in [0.717, 1.165) is 5.56 Å². The van der Waals surface area contributed by atoms with Gasteiger partial charge in [0, 0.05) is 0 Å². The second-order valence-electron chi connectivity index (χ2n) is 3.64. The van der Waals surface area contributed by atoms with E-state index >= 15 is 0 Å². The minimum absolute atomic E-state index is 0. The van der Waals surface area contributed by atoms with E-state index in [0.29, 0.717) is 23.6 Å². The average Bonchev–Trinajstić information content (AvgIpc) is 2.38. The zero-order valence-corrected chi connectivity index (χ0v) is 10.5. The zero-order chi connectivity index (χ0) is 12.1. The highest BCUT2D eigenvalue weighted by Gasteiger charge is 2.02. The van der Waals surface area contributed by atoms with E-state index in [1.807, 2.05) is 36.4 Å². The number of hydrogen-bond acceptors (Lipinski definition) is 3. The fourth-order valence-electron chi connectivity index (χ4n) is 1.48. The molecule has 0 atom stereocenters. The van der Waals surface area contributed by atoms with Gasteiger partial charge >= 0.3 is 0 Å². The Hall–Kier alpha value is -2.18. The summed E-state index contributed by atoms with van der Waals surface area (Å²) in [6, 6.07) is 16.9. The van der Waals surface area contributed by atoms with Crippen molar-refractivity contribution in [2.75, 3.05) is 5.73 Å². The highest BCUT2D eigenvalue weighted by molar-refractivity contribution is 5.85. The maximum Gasteiger partial charge on any atom is 0.142 e. The number of halogens is 1. The molecule has 18 heavy (non-hydrogen) atoms. The van der Waals surface area contributed by atoms with Crippen LogP contribution in [0, 0.1) is 11.3 Å². The SMILES string of the molecule is Cl.N#Cc1ccc(OCc2ccccc2)c(N)c1. The number of nitrogen functional groups attached to an aromatic ring is 1. The van der Waals surface area contributed by atoms with Crippen LogP contribution in [0.2, 0.25) is 0 Å². The molecule has 0 aliphatic rings. The van der Waals surface area contributed by atoms with E-state index in [-0.39, 0.29) is 12.4 Å². The van der Waals surface area contributed by atoms with Crippen molar-refractivity contribution in [1.82, 2.24) is 0 Å². The molecule has 2 aromatic carbocycles. The van der Waals surface area contributed by atoms with Gasteiger partial charge in [-0.25, -0.2) is 0 Å². The fourth-order valence-corrected chi connectivity index (χ4v) is 1.48. The summed E-state index contributed by atoms with van der Waals surface area (Å²) in [6.45, 7) is 0.469. The normalized spacial score (nSPS) is 9.06. The second-order valence-corrected chi connectivity index (χ2v) is 3.64. The Balaban J connectivity index is 0.00000162. The highest BCUT2D eigenvalue weighted by Crippen LogP contribution is 2.23. The number of rotatable bonds is 3. The Morgan fingerprint density at radius 2 is 1.83 bits per heavy atom. The van der Waals surface area contributed by atoms with Gasteiger partial charge in [0.15, 0.2) is 0 Å². The van der Waals surface area contributed by atoms with Crippen LogP contribution in [0.15, 0.2) is 48.5 Å². The maximum atomic E-state index is 8.71. The van der Waals surface area contributed by atoms with Crippen LogP contribution in [0.1, 0.15) is 11.1 Å². The van der Waals surface area contributed by atoms with Gasteiger partial charge in [0.25, 0.3) is 0 Å². The Kier molecular flexibility index (Phi) is 5.04. The highest BCUT2D eigenvalue weighted by atomic mass is 35.5. The van der Waals surface area contributed by atoms with Gasteiger partial charge in [0.1, 0.15) is 12.4 Å². The predicted octanol–water partition coefficient (Wildman–Crippen LogP) is 3.14. The lowest BCUT2D eigenvalue weighted by Crippen LogP contribution is -1.98. The van der Waals surface area contributed by atoms with Crippen LogP contribution < -0.4 is 10.5 Å². The summed E-state index contributed by atoms with van der Waals surface area (Å²) < 4.78 is 5.59. The molecule has 0 heterocycles. The van der Waals surface area contributed by atoms with Crippen molar-refractivity contribution in [1.29, 1.82) is 5.26 Å². The van der Waals surface area contributed by atoms with E-state index < -0.39 is 0 Å². The van der Waals surface area contributed by atoms with E-state index in [1.54, 1.807) is 18.2 Å². The van der Waals surface area contributed by atoms with Crippen LogP contribution in [-0.2, 0) is 6.61 Å². The minimum Gasteiger partial charge on any atom is -0.487 e. The number of benzene rings is 2. The molecule has 3 nitrogen and oxygen atoms in total. The Labute approximate surface area is 112 Å². The lowest BCUT2D eigenvalue weighted by Gasteiger charge is -2.08. The standard InChI is InChI=1S/C14H12N2O.ClH/c15-9-12-6-7-14(13(16)8-12)17-10-11-4-2-1-3-5-11;/h1-8H,10,16H2;1H. The van der Waals surface area contributed by atoms with Crippen molar-refractivity contribution >= 4 is 18.1 Å². The summed E-state index contributed by atoms with van der Waals surface area (Å²) in [5, 5.41) is 8.71. The summed E-state index contributed by atoms with van der Waals surface area (Å²) in [5.41, 5.74) is 7.89. The third-order valence-electron chi connectivity index (χ3n) is 2.38. The molecule has 0 saturated carbocycles. The molecule has 0 unspecified atom stereocenters. The van der Waals surface area contributed by atoms with Crippen LogP contribution in [-0.4, -0.2) is 0 Å². The molecule has 2 N–H and O–H groups in total. The molecule has 0 amide bonds. The average molecular weight is 261 g/mol. The first-order valence-corrected chi connectivity index (χ1v) is 5.26. The first-order valence-electron chi connectivity index (χ1n) is 5.26. The molecule has 0 aliphatic carbocycles. The molecule has 0 saturated heterocycles. The molecule has 0 spiro atoms. The summed E-state index contributed by atoms with van der Waals surface area (Å²) in [7, 11) is 0. The summed E-state index contributed by atoms with van der Waals surface area (Å²) >= 11 is 0. The first-order chi connectivity index (χ1) is 8.29. The van der Waals surface area contributed by atoms with E-state index in [2.05, 4.69) is 0 Å². The van der Waals surface area contributed by atoms with Crippen LogP contribution in [0.25, 0.3) is 0 Å². The lowest BCUT2D eigenvalue weighted by molar-refractivity contribution is 0.308. The van der Waals surface area contributed by atoms with Crippen molar-refractivity contribution < 1.29 is 4.74 Å². The molecule has 0 aromatic heterocycles. The third-order valence-corrected chi connectivity index (χ3v) is 2.38. The van der Waals surface area contributed by atoms with Crippen molar-refractivity contribution in [2.24, 2.45) is 0 Å². The number of nitriles is 1. The van der Waals surface area contributed by atoms with Crippen LogP contribution >= 0.6 is 12.4 Å². The predicted molar refractivity (Wildman–Crippen MR) is 73.6 cm³/mol. The number of nitrogens with zero attached hydrogens (tertiary/aromatic N) is 1. The second kappa shape index (κ2) is 6.53. The largest absolute Gasteiger partial charge is 0.487 e. The smallest absolute Gasteiger partial charge is 0.142 e. The van der Waals surface area contributed by atoms with E-state index in [1.165, 1.54) is 0 Å². The summed E-state index contributed by atoms with van der Waals surface area (Å²) in [4.78, 5) is 0. The molecule has 0 radical (unpaired) electrons. The quantitative estimate of drug-likeness (QED) is 0.863. The molecule has 2 aromatic rings. The van der Waals surface area contributed by atoms with Crippen LogP contribution in [0.5, 0.6) is 5.75 Å². The van der Waals surface area contributed by atoms with Gasteiger partial charge in [-0.3, -0.25) is 0 Å². The molecule has 2 rings (SSSR count).